The number of esters is 3. The molecule has 0 aromatic heterocycles. The van der Waals surface area contributed by atoms with Crippen molar-refractivity contribution in [2.45, 2.75) is 97.9 Å². The molecule has 1 aliphatic rings. The van der Waals surface area contributed by atoms with Gasteiger partial charge < -0.3 is 24.1 Å². The van der Waals surface area contributed by atoms with Crippen LogP contribution in [-0.4, -0.2) is 59.5 Å². The summed E-state index contributed by atoms with van der Waals surface area (Å²) in [6, 6.07) is 9.72. The number of ether oxygens (including phenoxy) is 4. The lowest BCUT2D eigenvalue weighted by Crippen LogP contribution is -2.47. The molecular formula is C28H42O8S. The van der Waals surface area contributed by atoms with Gasteiger partial charge in [0.1, 0.15) is 12.7 Å². The van der Waals surface area contributed by atoms with Crippen LogP contribution in [0.5, 0.6) is 0 Å². The van der Waals surface area contributed by atoms with Crippen molar-refractivity contribution in [3.63, 3.8) is 0 Å². The van der Waals surface area contributed by atoms with Crippen LogP contribution in [0.3, 0.4) is 0 Å². The molecule has 1 fully saturated rings. The van der Waals surface area contributed by atoms with Gasteiger partial charge in [-0.05, 0) is 67.9 Å². The Morgan fingerprint density at radius 1 is 0.838 bits per heavy atom. The monoisotopic (exact) mass is 538 g/mol. The molecule has 8 nitrogen and oxygen atoms in total. The molecule has 1 aliphatic heterocycles. The Morgan fingerprint density at radius 2 is 1.32 bits per heavy atom. The minimum Gasteiger partial charge on any atom is -0.464 e. The summed E-state index contributed by atoms with van der Waals surface area (Å²) in [7, 11) is 0. The molecule has 5 atom stereocenters. The first-order valence-corrected chi connectivity index (χ1v) is 13.5. The molecule has 1 heterocycles. The van der Waals surface area contributed by atoms with Gasteiger partial charge >= 0.3 is 17.9 Å². The van der Waals surface area contributed by atoms with E-state index in [1.807, 2.05) is 30.3 Å². The molecule has 1 aromatic rings. The van der Waals surface area contributed by atoms with E-state index in [-0.39, 0.29) is 6.61 Å². The Labute approximate surface area is 224 Å². The third-order valence-corrected chi connectivity index (χ3v) is 6.93. The summed E-state index contributed by atoms with van der Waals surface area (Å²) in [5, 5.41) is 10.3. The average molecular weight is 539 g/mol. The molecule has 0 aliphatic carbocycles. The molecule has 1 aromatic carbocycles. The molecule has 0 radical (unpaired) electrons. The van der Waals surface area contributed by atoms with E-state index in [0.717, 1.165) is 5.56 Å². The lowest BCUT2D eigenvalue weighted by molar-refractivity contribution is -0.185. The number of hydrogen-bond acceptors (Lipinski definition) is 9. The number of rotatable bonds is 8. The van der Waals surface area contributed by atoms with E-state index in [2.05, 4.69) is 0 Å². The minimum absolute atomic E-state index is 0.0471. The zero-order valence-corrected chi connectivity index (χ0v) is 24.2. The molecule has 0 bridgehead atoms. The lowest BCUT2D eigenvalue weighted by atomic mass is 9.96. The van der Waals surface area contributed by atoms with Crippen molar-refractivity contribution in [1.29, 1.82) is 0 Å². The molecule has 0 spiro atoms. The van der Waals surface area contributed by atoms with Crippen LogP contribution >= 0.6 is 11.8 Å². The normalized spacial score (nSPS) is 23.3. The molecule has 0 amide bonds. The standard InChI is InChI=1S/C28H42O8S/c1-26(2,3)23(30)33-15-18(37-16-17-13-11-10-12-14-17)19-20(35-24(31)27(4,5)6)21(22(29)34-19)36-25(32)28(7,8)9/h10-14,18-22,29H,15-16H2,1-9H3/t18-,19+,20+,21-,22+/m1/s1. The number of aliphatic hydroxyl groups is 1. The van der Waals surface area contributed by atoms with Crippen LogP contribution in [0.15, 0.2) is 30.3 Å². The van der Waals surface area contributed by atoms with Crippen molar-refractivity contribution in [2.24, 2.45) is 16.2 Å². The van der Waals surface area contributed by atoms with Gasteiger partial charge in [-0.1, -0.05) is 30.3 Å². The van der Waals surface area contributed by atoms with Crippen LogP contribution in [-0.2, 0) is 39.1 Å². The number of thioether (sulfide) groups is 1. The molecule has 37 heavy (non-hydrogen) atoms. The Morgan fingerprint density at radius 3 is 1.81 bits per heavy atom. The predicted molar refractivity (Wildman–Crippen MR) is 141 cm³/mol. The first-order chi connectivity index (χ1) is 16.9. The molecule has 0 saturated carbocycles. The summed E-state index contributed by atoms with van der Waals surface area (Å²) < 4.78 is 23.0. The van der Waals surface area contributed by atoms with Gasteiger partial charge in [-0.3, -0.25) is 14.4 Å². The Kier molecular flexibility index (Phi) is 10.2. The quantitative estimate of drug-likeness (QED) is 0.378. The molecular weight excluding hydrogens is 496 g/mol. The van der Waals surface area contributed by atoms with Gasteiger partial charge in [0.2, 0.25) is 0 Å². The summed E-state index contributed by atoms with van der Waals surface area (Å²) in [5.74, 6) is -0.933. The highest BCUT2D eigenvalue weighted by Gasteiger charge is 2.53. The van der Waals surface area contributed by atoms with E-state index < -0.39 is 64.0 Å². The van der Waals surface area contributed by atoms with Crippen LogP contribution in [0.1, 0.15) is 67.9 Å². The summed E-state index contributed by atoms with van der Waals surface area (Å²) in [4.78, 5) is 38.2. The molecule has 1 saturated heterocycles. The van der Waals surface area contributed by atoms with Crippen LogP contribution in [0.25, 0.3) is 0 Å². The Hall–Kier alpha value is -2.10. The van der Waals surface area contributed by atoms with Crippen LogP contribution < -0.4 is 0 Å². The second-order valence-electron chi connectivity index (χ2n) is 12.4. The second-order valence-corrected chi connectivity index (χ2v) is 13.6. The van der Waals surface area contributed by atoms with Crippen molar-refractivity contribution in [1.82, 2.24) is 0 Å². The number of benzene rings is 1. The van der Waals surface area contributed by atoms with Gasteiger partial charge in [0.05, 0.1) is 21.5 Å². The number of carbonyl (C=O) groups is 3. The maximum Gasteiger partial charge on any atom is 0.311 e. The SMILES string of the molecule is CC(C)(C)C(=O)OC[C@@H](SCc1ccccc1)[C@@H]1O[C@H](O)[C@H](OC(=O)C(C)(C)C)[C@H]1OC(=O)C(C)(C)C. The lowest BCUT2D eigenvalue weighted by Gasteiger charge is -2.31. The zero-order valence-electron chi connectivity index (χ0n) is 23.4. The van der Waals surface area contributed by atoms with Crippen LogP contribution in [0.2, 0.25) is 0 Å². The number of carbonyl (C=O) groups excluding carboxylic acids is 3. The third kappa shape index (κ3) is 9.00. The Balaban J connectivity index is 2.38. The number of aliphatic hydroxyl groups excluding tert-OH is 1. The highest BCUT2D eigenvalue weighted by atomic mass is 32.2. The highest BCUT2D eigenvalue weighted by Crippen LogP contribution is 2.36. The van der Waals surface area contributed by atoms with Crippen molar-refractivity contribution < 1.29 is 38.4 Å². The first-order valence-electron chi connectivity index (χ1n) is 12.5. The molecule has 1 N–H and O–H groups in total. The molecule has 9 heteroatoms. The molecule has 2 rings (SSSR count). The Bertz CT molecular complexity index is 926. The summed E-state index contributed by atoms with van der Waals surface area (Å²) in [6.45, 7) is 15.4. The minimum atomic E-state index is -1.52. The van der Waals surface area contributed by atoms with Gasteiger partial charge in [-0.15, -0.1) is 11.8 Å². The van der Waals surface area contributed by atoms with Crippen LogP contribution in [0, 0.1) is 16.2 Å². The highest BCUT2D eigenvalue weighted by molar-refractivity contribution is 7.99. The van der Waals surface area contributed by atoms with Crippen molar-refractivity contribution in [2.75, 3.05) is 6.61 Å². The van der Waals surface area contributed by atoms with Gasteiger partial charge in [0.15, 0.2) is 18.5 Å². The smallest absolute Gasteiger partial charge is 0.311 e. The van der Waals surface area contributed by atoms with Crippen molar-refractivity contribution >= 4 is 29.7 Å². The van der Waals surface area contributed by atoms with Crippen molar-refractivity contribution in [3.8, 4) is 0 Å². The van der Waals surface area contributed by atoms with E-state index in [9.17, 15) is 19.5 Å². The van der Waals surface area contributed by atoms with Gasteiger partial charge in [0.25, 0.3) is 0 Å². The van der Waals surface area contributed by atoms with Crippen molar-refractivity contribution in [3.05, 3.63) is 35.9 Å². The summed E-state index contributed by atoms with van der Waals surface area (Å²) >= 11 is 1.45. The van der Waals surface area contributed by atoms with E-state index in [4.69, 9.17) is 18.9 Å². The fourth-order valence-electron chi connectivity index (χ4n) is 3.21. The van der Waals surface area contributed by atoms with Gasteiger partial charge in [-0.25, -0.2) is 0 Å². The first kappa shape index (κ1) is 31.1. The van der Waals surface area contributed by atoms with E-state index >= 15 is 0 Å². The fraction of sp³-hybridized carbons (Fsp3) is 0.679. The maximum absolute atomic E-state index is 12.9. The van der Waals surface area contributed by atoms with Gasteiger partial charge in [0, 0.05) is 5.75 Å². The van der Waals surface area contributed by atoms with E-state index in [0.29, 0.717) is 5.75 Å². The van der Waals surface area contributed by atoms with E-state index in [1.165, 1.54) is 11.8 Å². The maximum atomic E-state index is 12.9. The second kappa shape index (κ2) is 12.2. The fourth-order valence-corrected chi connectivity index (χ4v) is 4.39. The summed E-state index contributed by atoms with van der Waals surface area (Å²) in [5.41, 5.74) is -1.37. The third-order valence-electron chi connectivity index (χ3n) is 5.60. The zero-order chi connectivity index (χ0) is 28.2. The number of hydrogen-bond donors (Lipinski definition) is 1. The largest absolute Gasteiger partial charge is 0.464 e. The predicted octanol–water partition coefficient (Wildman–Crippen LogP) is 4.51. The van der Waals surface area contributed by atoms with E-state index in [1.54, 1.807) is 62.3 Å². The van der Waals surface area contributed by atoms with Gasteiger partial charge in [-0.2, -0.15) is 0 Å². The van der Waals surface area contributed by atoms with Crippen LogP contribution in [0.4, 0.5) is 0 Å². The average Bonchev–Trinajstić information content (AvgIpc) is 3.07. The summed E-state index contributed by atoms with van der Waals surface area (Å²) in [6.07, 6.45) is -4.76. The topological polar surface area (TPSA) is 108 Å². The molecule has 0 unspecified atom stereocenters. The molecule has 208 valence electrons.